The van der Waals surface area contributed by atoms with Gasteiger partial charge in [-0.3, -0.25) is 4.79 Å². The number of benzene rings is 1. The van der Waals surface area contributed by atoms with Crippen LogP contribution in [0, 0.1) is 17.8 Å². The average molecular weight is 377 g/mol. The fourth-order valence-corrected chi connectivity index (χ4v) is 7.01. The van der Waals surface area contributed by atoms with Gasteiger partial charge in [0.15, 0.2) is 0 Å². The number of carbonyl (C=O) groups excluding carboxylic acids is 1. The van der Waals surface area contributed by atoms with Crippen LogP contribution in [0.3, 0.4) is 0 Å². The van der Waals surface area contributed by atoms with E-state index >= 15 is 0 Å². The lowest BCUT2D eigenvalue weighted by Gasteiger charge is -2.60. The number of nitrogens with zero attached hydrogens (tertiary/aromatic N) is 3. The smallest absolute Gasteiger partial charge is 0.257 e. The topological polar surface area (TPSA) is 58.4 Å². The molecule has 0 radical (unpaired) electrons. The third-order valence-electron chi connectivity index (χ3n) is 7.72. The average Bonchev–Trinajstić information content (AvgIpc) is 3.02. The lowest BCUT2D eigenvalue weighted by Crippen LogP contribution is -2.62. The zero-order chi connectivity index (χ0) is 18.9. The molecule has 5 heteroatoms. The van der Waals surface area contributed by atoms with E-state index in [1.807, 2.05) is 35.0 Å². The van der Waals surface area contributed by atoms with Crippen molar-refractivity contribution in [3.05, 3.63) is 47.8 Å². The van der Waals surface area contributed by atoms with Gasteiger partial charge in [-0.15, -0.1) is 0 Å². The summed E-state index contributed by atoms with van der Waals surface area (Å²) in [6, 6.07) is 10.4. The minimum atomic E-state index is -0.453. The van der Waals surface area contributed by atoms with Crippen LogP contribution < -0.4 is 0 Å². The highest BCUT2D eigenvalue weighted by Crippen LogP contribution is 2.57. The van der Waals surface area contributed by atoms with Crippen molar-refractivity contribution >= 4 is 5.91 Å². The highest BCUT2D eigenvalue weighted by molar-refractivity contribution is 5.96. The van der Waals surface area contributed by atoms with E-state index in [1.165, 1.54) is 12.8 Å². The normalized spacial score (nSPS) is 36.5. The Morgan fingerprint density at radius 2 is 1.82 bits per heavy atom. The minimum absolute atomic E-state index is 0.152. The zero-order valence-electron chi connectivity index (χ0n) is 16.1. The number of aliphatic hydroxyl groups is 1. The largest absolute Gasteiger partial charge is 0.390 e. The van der Waals surface area contributed by atoms with Crippen LogP contribution in [0.4, 0.5) is 0 Å². The van der Waals surface area contributed by atoms with Gasteiger partial charge in [0.05, 0.1) is 28.7 Å². The Bertz CT molecular complexity index is 905. The Hall–Kier alpha value is -2.14. The molecule has 4 bridgehead atoms. The first-order valence-corrected chi connectivity index (χ1v) is 10.8. The molecule has 0 saturated heterocycles. The molecular formula is C23H27N3O2. The Kier molecular flexibility index (Phi) is 3.55. The summed E-state index contributed by atoms with van der Waals surface area (Å²) in [6.07, 6.45) is 8.73. The van der Waals surface area contributed by atoms with Crippen LogP contribution in [0.2, 0.25) is 0 Å². The molecule has 5 nitrogen and oxygen atoms in total. The molecule has 1 aliphatic heterocycles. The number of amides is 1. The van der Waals surface area contributed by atoms with Crippen molar-refractivity contribution in [1.29, 1.82) is 0 Å². The zero-order valence-corrected chi connectivity index (χ0v) is 16.1. The molecule has 4 aliphatic carbocycles. The van der Waals surface area contributed by atoms with Gasteiger partial charge in [0, 0.05) is 12.6 Å². The van der Waals surface area contributed by atoms with E-state index in [0.29, 0.717) is 23.8 Å². The Labute approximate surface area is 165 Å². The van der Waals surface area contributed by atoms with Crippen molar-refractivity contribution in [3.63, 3.8) is 0 Å². The quantitative estimate of drug-likeness (QED) is 0.874. The molecule has 28 heavy (non-hydrogen) atoms. The number of fused-ring (bicyclic) bond motifs is 1. The molecule has 1 amide bonds. The van der Waals surface area contributed by atoms with Gasteiger partial charge in [0.2, 0.25) is 0 Å². The fourth-order valence-electron chi connectivity index (χ4n) is 7.01. The van der Waals surface area contributed by atoms with Crippen molar-refractivity contribution in [2.45, 2.75) is 56.6 Å². The van der Waals surface area contributed by atoms with Gasteiger partial charge in [0.25, 0.3) is 5.91 Å². The minimum Gasteiger partial charge on any atom is -0.390 e. The molecule has 2 aromatic rings. The summed E-state index contributed by atoms with van der Waals surface area (Å²) in [5, 5.41) is 15.5. The summed E-state index contributed by atoms with van der Waals surface area (Å²) in [6.45, 7) is 0.822. The van der Waals surface area contributed by atoms with Gasteiger partial charge in [-0.05, 0) is 74.8 Å². The molecule has 2 heterocycles. The van der Waals surface area contributed by atoms with E-state index < -0.39 is 5.60 Å². The molecule has 1 N–H and O–H groups in total. The molecule has 3 unspecified atom stereocenters. The van der Waals surface area contributed by atoms with E-state index in [0.717, 1.165) is 55.6 Å². The summed E-state index contributed by atoms with van der Waals surface area (Å²) in [4.78, 5) is 15.8. The number of rotatable bonds is 2. The molecule has 1 aromatic heterocycles. The highest BCUT2D eigenvalue weighted by Gasteiger charge is 2.56. The Morgan fingerprint density at radius 1 is 1.07 bits per heavy atom. The van der Waals surface area contributed by atoms with Crippen molar-refractivity contribution < 1.29 is 9.90 Å². The molecule has 4 saturated carbocycles. The van der Waals surface area contributed by atoms with Crippen LogP contribution in [-0.4, -0.2) is 43.9 Å². The molecule has 146 valence electrons. The van der Waals surface area contributed by atoms with Crippen molar-refractivity contribution in [1.82, 2.24) is 14.7 Å². The molecule has 5 atom stereocenters. The fraction of sp³-hybridized carbons (Fsp3) is 0.565. The molecule has 0 spiro atoms. The Morgan fingerprint density at radius 3 is 2.54 bits per heavy atom. The summed E-state index contributed by atoms with van der Waals surface area (Å²) in [5.41, 5.74) is 2.38. The second-order valence-electron chi connectivity index (χ2n) is 9.54. The summed E-state index contributed by atoms with van der Waals surface area (Å²) in [5.74, 6) is 1.74. The summed E-state index contributed by atoms with van der Waals surface area (Å²) in [7, 11) is 0. The van der Waals surface area contributed by atoms with Crippen LogP contribution in [0.1, 0.15) is 54.6 Å². The van der Waals surface area contributed by atoms with E-state index in [1.54, 1.807) is 6.20 Å². The molecule has 7 rings (SSSR count). The molecule has 1 aromatic carbocycles. The monoisotopic (exact) mass is 377 g/mol. The lowest BCUT2D eigenvalue weighted by molar-refractivity contribution is -0.154. The predicted octanol–water partition coefficient (Wildman–Crippen LogP) is 3.20. The maximum absolute atomic E-state index is 13.6. The van der Waals surface area contributed by atoms with Gasteiger partial charge >= 0.3 is 0 Å². The van der Waals surface area contributed by atoms with E-state index in [2.05, 4.69) is 10.00 Å². The van der Waals surface area contributed by atoms with Crippen LogP contribution in [0.15, 0.2) is 36.5 Å². The Balaban J connectivity index is 1.34. The van der Waals surface area contributed by atoms with Crippen LogP contribution >= 0.6 is 0 Å². The number of para-hydroxylation sites is 1. The standard InChI is InChI=1S/C23H27N3O2/c27-22-19-14-24-26(18-5-2-1-3-6-18)20(19)7-4-8-25(22)21-16-9-15-10-17(21)13-23(28,11-15)12-16/h1-3,5-6,14-17,21,28H,4,7-13H2/t15?,16-,17+,21?,23?. The van der Waals surface area contributed by atoms with Gasteiger partial charge in [-0.1, -0.05) is 18.2 Å². The maximum atomic E-state index is 13.6. The maximum Gasteiger partial charge on any atom is 0.257 e. The van der Waals surface area contributed by atoms with Gasteiger partial charge in [0.1, 0.15) is 0 Å². The van der Waals surface area contributed by atoms with Crippen molar-refractivity contribution in [2.24, 2.45) is 17.8 Å². The van der Waals surface area contributed by atoms with Crippen LogP contribution in [0.25, 0.3) is 5.69 Å². The second-order valence-corrected chi connectivity index (χ2v) is 9.54. The van der Waals surface area contributed by atoms with E-state index in [-0.39, 0.29) is 5.91 Å². The summed E-state index contributed by atoms with van der Waals surface area (Å²) < 4.78 is 1.94. The number of hydrogen-bond acceptors (Lipinski definition) is 3. The number of hydrogen-bond donors (Lipinski definition) is 1. The molecule has 4 fully saturated rings. The third-order valence-corrected chi connectivity index (χ3v) is 7.72. The van der Waals surface area contributed by atoms with Gasteiger partial charge in [-0.25, -0.2) is 4.68 Å². The molecular weight excluding hydrogens is 350 g/mol. The number of aromatic nitrogens is 2. The van der Waals surface area contributed by atoms with Gasteiger partial charge < -0.3 is 10.0 Å². The van der Waals surface area contributed by atoms with Crippen LogP contribution in [0.5, 0.6) is 0 Å². The summed E-state index contributed by atoms with van der Waals surface area (Å²) >= 11 is 0. The van der Waals surface area contributed by atoms with E-state index in [9.17, 15) is 9.90 Å². The lowest BCUT2D eigenvalue weighted by atomic mass is 9.52. The predicted molar refractivity (Wildman–Crippen MR) is 105 cm³/mol. The number of carbonyl (C=O) groups is 1. The first-order chi connectivity index (χ1) is 13.6. The second kappa shape index (κ2) is 5.93. The molecule has 5 aliphatic rings. The SMILES string of the molecule is O=C1c2cnn(-c3ccccc3)c2CCCN1C1[C@@H]2CC3C[C@H]1CC(O)(C3)C2. The first-order valence-electron chi connectivity index (χ1n) is 10.8. The van der Waals surface area contributed by atoms with Crippen LogP contribution in [-0.2, 0) is 6.42 Å². The van der Waals surface area contributed by atoms with Crippen molar-refractivity contribution in [2.75, 3.05) is 6.54 Å². The highest BCUT2D eigenvalue weighted by atomic mass is 16.3. The third kappa shape index (κ3) is 2.41. The van der Waals surface area contributed by atoms with Crippen molar-refractivity contribution in [3.8, 4) is 5.69 Å². The van der Waals surface area contributed by atoms with E-state index in [4.69, 9.17) is 0 Å². The van der Waals surface area contributed by atoms with Gasteiger partial charge in [-0.2, -0.15) is 5.10 Å². The first kappa shape index (κ1) is 16.8.